The number of morpholine rings is 1. The lowest BCUT2D eigenvalue weighted by Crippen LogP contribution is -2.52. The Morgan fingerprint density at radius 1 is 1.09 bits per heavy atom. The fourth-order valence-electron chi connectivity index (χ4n) is 3.83. The molecule has 33 heavy (non-hydrogen) atoms. The van der Waals surface area contributed by atoms with E-state index in [-0.39, 0.29) is 28.4 Å². The molecule has 3 aliphatic heterocycles. The van der Waals surface area contributed by atoms with Crippen LogP contribution in [0.25, 0.3) is 0 Å². The molecular formula is C25H27N3O5. The summed E-state index contributed by atoms with van der Waals surface area (Å²) >= 11 is 0. The van der Waals surface area contributed by atoms with Gasteiger partial charge in [-0.3, -0.25) is 24.6 Å². The standard InChI is InChI=1S/C25H27N3O5/c29-23-9-8-21(24(30)26-23)28-15-20-19(25(28)31)2-1-3-22(20)33-16-18-6-4-17(5-7-18)14-27-10-12-32-13-11-27/h1-7,21H,8-16H2,(H,26,29,30)/t21-/m0/s1/i8D2,9D2,15D2,21D. The van der Waals surface area contributed by atoms with E-state index >= 15 is 0 Å². The van der Waals surface area contributed by atoms with Gasteiger partial charge in [0.15, 0.2) is 0 Å². The highest BCUT2D eigenvalue weighted by Gasteiger charge is 2.40. The van der Waals surface area contributed by atoms with E-state index in [1.54, 1.807) is 5.32 Å². The molecule has 172 valence electrons. The molecule has 0 saturated carbocycles. The summed E-state index contributed by atoms with van der Waals surface area (Å²) in [4.78, 5) is 40.6. The third-order valence-electron chi connectivity index (χ3n) is 5.57. The molecule has 0 radical (unpaired) electrons. The Morgan fingerprint density at radius 3 is 2.64 bits per heavy atom. The summed E-state index contributed by atoms with van der Waals surface area (Å²) in [6, 6.07) is 8.27. The third kappa shape index (κ3) is 4.62. The molecule has 0 spiro atoms. The molecule has 1 N–H and O–H groups in total. The normalized spacial score (nSPS) is 31.1. The molecule has 3 heterocycles. The zero-order chi connectivity index (χ0) is 29.1. The molecule has 8 heteroatoms. The Hall–Kier alpha value is -3.23. The molecule has 1 atom stereocenters. The number of nitrogens with one attached hydrogen (secondary N) is 1. The number of hydrogen-bond donors (Lipinski definition) is 1. The van der Waals surface area contributed by atoms with Crippen molar-refractivity contribution in [1.82, 2.24) is 15.1 Å². The van der Waals surface area contributed by atoms with Gasteiger partial charge in [0.1, 0.15) is 18.4 Å². The minimum atomic E-state index is -3.60. The second kappa shape index (κ2) is 9.33. The van der Waals surface area contributed by atoms with Crippen molar-refractivity contribution in [3.8, 4) is 5.75 Å². The Morgan fingerprint density at radius 2 is 1.85 bits per heavy atom. The van der Waals surface area contributed by atoms with E-state index in [2.05, 4.69) is 4.90 Å². The minimum Gasteiger partial charge on any atom is -0.489 e. The molecule has 0 aromatic heterocycles. The Bertz CT molecular complexity index is 1370. The number of amides is 3. The number of rotatable bonds is 6. The molecule has 3 aliphatic rings. The van der Waals surface area contributed by atoms with Gasteiger partial charge >= 0.3 is 0 Å². The number of carbonyl (C=O) groups is 3. The molecule has 2 saturated heterocycles. The second-order valence-corrected chi connectivity index (χ2v) is 7.81. The van der Waals surface area contributed by atoms with E-state index in [0.717, 1.165) is 30.8 Å². The summed E-state index contributed by atoms with van der Waals surface area (Å²) < 4.78 is 69.7. The molecule has 5 rings (SSSR count). The van der Waals surface area contributed by atoms with Crippen molar-refractivity contribution in [2.45, 2.75) is 38.4 Å². The van der Waals surface area contributed by atoms with Crippen LogP contribution in [0.15, 0.2) is 42.5 Å². The van der Waals surface area contributed by atoms with Gasteiger partial charge in [-0.05, 0) is 29.6 Å². The van der Waals surface area contributed by atoms with Gasteiger partial charge in [-0.25, -0.2) is 0 Å². The molecule has 0 unspecified atom stereocenters. The highest BCUT2D eigenvalue weighted by molar-refractivity contribution is 6.05. The molecule has 0 aliphatic carbocycles. The largest absolute Gasteiger partial charge is 0.489 e. The van der Waals surface area contributed by atoms with Gasteiger partial charge in [-0.2, -0.15) is 0 Å². The zero-order valence-electron chi connectivity index (χ0n) is 24.7. The van der Waals surface area contributed by atoms with Crippen LogP contribution in [-0.2, 0) is 34.0 Å². The third-order valence-corrected chi connectivity index (χ3v) is 5.57. The predicted molar refractivity (Wildman–Crippen MR) is 119 cm³/mol. The first-order valence-corrected chi connectivity index (χ1v) is 10.6. The molecule has 2 aromatic rings. The van der Waals surface area contributed by atoms with Crippen LogP contribution in [0.4, 0.5) is 0 Å². The van der Waals surface area contributed by atoms with Crippen molar-refractivity contribution >= 4 is 17.7 Å². The van der Waals surface area contributed by atoms with Crippen molar-refractivity contribution in [3.63, 3.8) is 0 Å². The number of carbonyl (C=O) groups excluding carboxylic acids is 3. The number of ether oxygens (including phenoxy) is 2. The first kappa shape index (κ1) is 14.8. The highest BCUT2D eigenvalue weighted by atomic mass is 16.5. The van der Waals surface area contributed by atoms with Crippen molar-refractivity contribution in [1.29, 1.82) is 0 Å². The van der Waals surface area contributed by atoms with Crippen molar-refractivity contribution in [3.05, 3.63) is 64.7 Å². The predicted octanol–water partition coefficient (Wildman–Crippen LogP) is 1.86. The van der Waals surface area contributed by atoms with E-state index < -0.39 is 43.0 Å². The van der Waals surface area contributed by atoms with E-state index in [1.165, 1.54) is 18.2 Å². The van der Waals surface area contributed by atoms with Crippen molar-refractivity contribution in [2.24, 2.45) is 0 Å². The maximum Gasteiger partial charge on any atom is 0.255 e. The lowest BCUT2D eigenvalue weighted by Gasteiger charge is -2.29. The number of nitrogens with zero attached hydrogens (tertiary/aromatic N) is 2. The SMILES string of the molecule is [2H]C1([2H])c2c(OCc3ccc(CN4CCOCC4)cc3)cccc2C(=O)N1[C@]1([2H])C(=O)NC(=O)C([2H])([2H])C1([2H])[2H]. The molecule has 2 fully saturated rings. The number of imide groups is 1. The number of benzene rings is 2. The van der Waals surface area contributed by atoms with Crippen LogP contribution < -0.4 is 10.1 Å². The molecular weight excluding hydrogens is 422 g/mol. The Kier molecular flexibility index (Phi) is 4.19. The van der Waals surface area contributed by atoms with Crippen molar-refractivity contribution < 1.29 is 33.5 Å². The minimum absolute atomic E-state index is 0.00292. The second-order valence-electron chi connectivity index (χ2n) is 7.81. The maximum absolute atomic E-state index is 13.4. The van der Waals surface area contributed by atoms with Crippen LogP contribution in [-0.4, -0.2) is 59.8 Å². The quantitative estimate of drug-likeness (QED) is 0.668. The first-order chi connectivity index (χ1) is 18.7. The average Bonchev–Trinajstić information content (AvgIpc) is 3.12. The highest BCUT2D eigenvalue weighted by Crippen LogP contribution is 2.34. The Balaban J connectivity index is 1.41. The molecule has 0 bridgehead atoms. The van der Waals surface area contributed by atoms with Crippen LogP contribution in [0.3, 0.4) is 0 Å². The zero-order valence-corrected chi connectivity index (χ0v) is 17.7. The van der Waals surface area contributed by atoms with Gasteiger partial charge in [0, 0.05) is 42.6 Å². The fraction of sp³-hybridized carbons (Fsp3) is 0.400. The average molecular weight is 457 g/mol. The fourth-order valence-corrected chi connectivity index (χ4v) is 3.83. The van der Waals surface area contributed by atoms with Crippen molar-refractivity contribution in [2.75, 3.05) is 26.3 Å². The summed E-state index contributed by atoms with van der Waals surface area (Å²) in [7, 11) is 0. The Labute approximate surface area is 202 Å². The van der Waals surface area contributed by atoms with E-state index in [4.69, 9.17) is 19.1 Å². The summed E-state index contributed by atoms with van der Waals surface area (Å²) in [5, 5.41) is 1.59. The smallest absolute Gasteiger partial charge is 0.255 e. The van der Waals surface area contributed by atoms with Crippen LogP contribution in [0.1, 0.15) is 49.4 Å². The monoisotopic (exact) mass is 456 g/mol. The number of fused-ring (bicyclic) bond motifs is 1. The number of hydrogen-bond acceptors (Lipinski definition) is 6. The molecule has 3 amide bonds. The van der Waals surface area contributed by atoms with Crippen LogP contribution in [0, 0.1) is 0 Å². The summed E-state index contributed by atoms with van der Waals surface area (Å²) in [5.41, 5.74) is 1.27. The van der Waals surface area contributed by atoms with Gasteiger partial charge in [0.25, 0.3) is 5.91 Å². The maximum atomic E-state index is 13.4. The lowest BCUT2D eigenvalue weighted by atomic mass is 10.0. The first-order valence-electron chi connectivity index (χ1n) is 14.1. The van der Waals surface area contributed by atoms with Gasteiger partial charge in [-0.1, -0.05) is 30.3 Å². The number of piperidine rings is 1. The van der Waals surface area contributed by atoms with E-state index in [0.29, 0.717) is 13.2 Å². The van der Waals surface area contributed by atoms with Gasteiger partial charge in [0.2, 0.25) is 11.8 Å². The van der Waals surface area contributed by atoms with Gasteiger partial charge in [-0.15, -0.1) is 0 Å². The molecule has 8 nitrogen and oxygen atoms in total. The van der Waals surface area contributed by atoms with Crippen LogP contribution in [0.5, 0.6) is 5.75 Å². The van der Waals surface area contributed by atoms with E-state index in [1.807, 2.05) is 24.3 Å². The lowest BCUT2D eigenvalue weighted by molar-refractivity contribution is -0.136. The van der Waals surface area contributed by atoms with Crippen LogP contribution >= 0.6 is 0 Å². The van der Waals surface area contributed by atoms with Crippen LogP contribution in [0.2, 0.25) is 0 Å². The van der Waals surface area contributed by atoms with Gasteiger partial charge in [0.05, 0.1) is 23.8 Å². The summed E-state index contributed by atoms with van der Waals surface area (Å²) in [6.07, 6.45) is -7.02. The van der Waals surface area contributed by atoms with E-state index in [9.17, 15) is 14.4 Å². The summed E-state index contributed by atoms with van der Waals surface area (Å²) in [5.74, 6) is -4.54. The molecule has 2 aromatic carbocycles. The summed E-state index contributed by atoms with van der Waals surface area (Å²) in [6.45, 7) is 0.910. The van der Waals surface area contributed by atoms with Gasteiger partial charge < -0.3 is 14.4 Å². The topological polar surface area (TPSA) is 88.2 Å².